The lowest BCUT2D eigenvalue weighted by Crippen LogP contribution is -2.33. The Labute approximate surface area is 137 Å². The van der Waals surface area contributed by atoms with E-state index in [0.29, 0.717) is 5.75 Å². The fourth-order valence-electron chi connectivity index (χ4n) is 1.98. The van der Waals surface area contributed by atoms with Gasteiger partial charge in [0.2, 0.25) is 0 Å². The third kappa shape index (κ3) is 5.25. The molecule has 0 saturated carbocycles. The third-order valence-electron chi connectivity index (χ3n) is 3.48. The van der Waals surface area contributed by atoms with Crippen molar-refractivity contribution in [1.29, 1.82) is 0 Å². The molecule has 4 heteroatoms. The van der Waals surface area contributed by atoms with Crippen LogP contribution in [-0.2, 0) is 11.2 Å². The molecule has 0 radical (unpaired) electrons. The lowest BCUT2D eigenvalue weighted by atomic mass is 10.1. The van der Waals surface area contributed by atoms with Gasteiger partial charge in [-0.15, -0.1) is 0 Å². The second-order valence-corrected chi connectivity index (χ2v) is 5.40. The Balaban J connectivity index is 1.85. The highest BCUT2D eigenvalue weighted by molar-refractivity contribution is 5.84. The zero-order valence-electron chi connectivity index (χ0n) is 13.7. The number of nitrogens with zero attached hydrogens (tertiary/aromatic N) is 1. The Morgan fingerprint density at radius 1 is 1.17 bits per heavy atom. The number of nitrogens with one attached hydrogen (secondary N) is 1. The van der Waals surface area contributed by atoms with E-state index in [1.165, 1.54) is 5.56 Å². The van der Waals surface area contributed by atoms with Crippen LogP contribution in [0, 0.1) is 6.92 Å². The van der Waals surface area contributed by atoms with E-state index in [0.717, 1.165) is 17.5 Å². The standard InChI is InChI=1S/C19H22N2O2/c1-4-16-7-9-17(10-8-16)13-20-21-19(22)15(3)23-18-11-5-14(2)6-12-18/h5-13,15H,4H2,1-3H3,(H,21,22)/b20-13+/t15-/m1/s1. The van der Waals surface area contributed by atoms with Crippen LogP contribution in [-0.4, -0.2) is 18.2 Å². The summed E-state index contributed by atoms with van der Waals surface area (Å²) in [5.41, 5.74) is 5.85. The van der Waals surface area contributed by atoms with Crippen LogP contribution in [0.4, 0.5) is 0 Å². The van der Waals surface area contributed by atoms with Crippen molar-refractivity contribution in [2.45, 2.75) is 33.3 Å². The number of ether oxygens (including phenoxy) is 1. The van der Waals surface area contributed by atoms with Gasteiger partial charge >= 0.3 is 0 Å². The first kappa shape index (κ1) is 16.7. The molecule has 4 nitrogen and oxygen atoms in total. The zero-order valence-corrected chi connectivity index (χ0v) is 13.7. The van der Waals surface area contributed by atoms with Crippen LogP contribution in [0.15, 0.2) is 53.6 Å². The SMILES string of the molecule is CCc1ccc(/C=N/NC(=O)[C@@H](C)Oc2ccc(C)cc2)cc1. The minimum absolute atomic E-state index is 0.285. The highest BCUT2D eigenvalue weighted by Gasteiger charge is 2.13. The molecule has 2 aromatic rings. The predicted molar refractivity (Wildman–Crippen MR) is 92.8 cm³/mol. The first-order chi connectivity index (χ1) is 11.1. The van der Waals surface area contributed by atoms with Gasteiger partial charge in [0.1, 0.15) is 5.75 Å². The van der Waals surface area contributed by atoms with Crippen LogP contribution in [0.25, 0.3) is 0 Å². The molecule has 0 aliphatic rings. The summed E-state index contributed by atoms with van der Waals surface area (Å²) in [5, 5.41) is 3.97. The maximum atomic E-state index is 12.0. The highest BCUT2D eigenvalue weighted by atomic mass is 16.5. The molecule has 2 rings (SSSR count). The number of rotatable bonds is 6. The van der Waals surface area contributed by atoms with Gasteiger partial charge in [0.25, 0.3) is 5.91 Å². The van der Waals surface area contributed by atoms with Crippen LogP contribution in [0.5, 0.6) is 5.75 Å². The summed E-state index contributed by atoms with van der Waals surface area (Å²) in [4.78, 5) is 12.0. The van der Waals surface area contributed by atoms with E-state index in [1.54, 1.807) is 13.1 Å². The normalized spacial score (nSPS) is 12.1. The van der Waals surface area contributed by atoms with Crippen molar-refractivity contribution in [2.75, 3.05) is 0 Å². The molecule has 1 N–H and O–H groups in total. The summed E-state index contributed by atoms with van der Waals surface area (Å²) in [6.45, 7) is 5.81. The molecule has 0 spiro atoms. The monoisotopic (exact) mass is 310 g/mol. The van der Waals surface area contributed by atoms with Gasteiger partial charge in [-0.05, 0) is 43.5 Å². The van der Waals surface area contributed by atoms with Crippen molar-refractivity contribution in [3.63, 3.8) is 0 Å². The molecule has 1 amide bonds. The van der Waals surface area contributed by atoms with Gasteiger partial charge in [-0.2, -0.15) is 5.10 Å². The van der Waals surface area contributed by atoms with Gasteiger partial charge in [-0.25, -0.2) is 5.43 Å². The summed E-state index contributed by atoms with van der Waals surface area (Å²) in [6.07, 6.45) is 2.01. The first-order valence-corrected chi connectivity index (χ1v) is 7.73. The van der Waals surface area contributed by atoms with Gasteiger partial charge in [0.05, 0.1) is 6.21 Å². The molecule has 1 atom stereocenters. The average molecular weight is 310 g/mol. The molecule has 0 aromatic heterocycles. The van der Waals surface area contributed by atoms with E-state index in [9.17, 15) is 4.79 Å². The van der Waals surface area contributed by atoms with Crippen molar-refractivity contribution >= 4 is 12.1 Å². The number of carbonyl (C=O) groups is 1. The van der Waals surface area contributed by atoms with Gasteiger partial charge in [0, 0.05) is 0 Å². The number of carbonyl (C=O) groups excluding carboxylic acids is 1. The lowest BCUT2D eigenvalue weighted by molar-refractivity contribution is -0.127. The van der Waals surface area contributed by atoms with Crippen molar-refractivity contribution in [3.05, 3.63) is 65.2 Å². The maximum absolute atomic E-state index is 12.0. The Hall–Kier alpha value is -2.62. The smallest absolute Gasteiger partial charge is 0.280 e. The second-order valence-electron chi connectivity index (χ2n) is 5.40. The van der Waals surface area contributed by atoms with Crippen molar-refractivity contribution in [2.24, 2.45) is 5.10 Å². The maximum Gasteiger partial charge on any atom is 0.280 e. The number of hydrazone groups is 1. The third-order valence-corrected chi connectivity index (χ3v) is 3.48. The van der Waals surface area contributed by atoms with Gasteiger partial charge in [-0.3, -0.25) is 4.79 Å². The van der Waals surface area contributed by atoms with Crippen molar-refractivity contribution in [1.82, 2.24) is 5.43 Å². The van der Waals surface area contributed by atoms with Crippen LogP contribution >= 0.6 is 0 Å². The summed E-state index contributed by atoms with van der Waals surface area (Å²) in [6, 6.07) is 15.6. The quantitative estimate of drug-likeness (QED) is 0.656. The second kappa shape index (κ2) is 8.13. The molecule has 0 aliphatic carbocycles. The largest absolute Gasteiger partial charge is 0.481 e. The van der Waals surface area contributed by atoms with Crippen molar-refractivity contribution < 1.29 is 9.53 Å². The molecular weight excluding hydrogens is 288 g/mol. The Morgan fingerprint density at radius 2 is 1.83 bits per heavy atom. The van der Waals surface area contributed by atoms with E-state index in [2.05, 4.69) is 17.5 Å². The fourth-order valence-corrected chi connectivity index (χ4v) is 1.98. The van der Waals surface area contributed by atoms with Gasteiger partial charge in [-0.1, -0.05) is 48.9 Å². The van der Waals surface area contributed by atoms with E-state index < -0.39 is 6.10 Å². The highest BCUT2D eigenvalue weighted by Crippen LogP contribution is 2.13. The van der Waals surface area contributed by atoms with Gasteiger partial charge in [0.15, 0.2) is 6.10 Å². The Kier molecular flexibility index (Phi) is 5.92. The lowest BCUT2D eigenvalue weighted by Gasteiger charge is -2.12. The van der Waals surface area contributed by atoms with Crippen LogP contribution < -0.4 is 10.2 Å². The van der Waals surface area contributed by atoms with Crippen LogP contribution in [0.2, 0.25) is 0 Å². The number of amides is 1. The van der Waals surface area contributed by atoms with Crippen LogP contribution in [0.1, 0.15) is 30.5 Å². The average Bonchev–Trinajstić information content (AvgIpc) is 2.57. The molecule has 0 saturated heterocycles. The molecule has 120 valence electrons. The first-order valence-electron chi connectivity index (χ1n) is 7.73. The summed E-state index contributed by atoms with van der Waals surface area (Å²) < 4.78 is 5.58. The number of benzene rings is 2. The molecule has 23 heavy (non-hydrogen) atoms. The number of hydrogen-bond acceptors (Lipinski definition) is 3. The molecule has 0 fully saturated rings. The van der Waals surface area contributed by atoms with E-state index in [4.69, 9.17) is 4.74 Å². The molecular formula is C19H22N2O2. The van der Waals surface area contributed by atoms with E-state index in [-0.39, 0.29) is 5.91 Å². The minimum Gasteiger partial charge on any atom is -0.481 e. The van der Waals surface area contributed by atoms with Crippen LogP contribution in [0.3, 0.4) is 0 Å². The molecule has 2 aromatic carbocycles. The zero-order chi connectivity index (χ0) is 16.7. The topological polar surface area (TPSA) is 50.7 Å². The summed E-state index contributed by atoms with van der Waals surface area (Å²) in [5.74, 6) is 0.379. The molecule has 0 aliphatic heterocycles. The molecule has 0 heterocycles. The number of aryl methyl sites for hydroxylation is 2. The predicted octanol–water partition coefficient (Wildman–Crippen LogP) is 3.48. The minimum atomic E-state index is -0.614. The van der Waals surface area contributed by atoms with E-state index in [1.807, 2.05) is 55.5 Å². The van der Waals surface area contributed by atoms with Gasteiger partial charge < -0.3 is 4.74 Å². The van der Waals surface area contributed by atoms with Crippen molar-refractivity contribution in [3.8, 4) is 5.75 Å². The summed E-state index contributed by atoms with van der Waals surface area (Å²) in [7, 11) is 0. The molecule has 0 bridgehead atoms. The number of hydrogen-bond donors (Lipinski definition) is 1. The Morgan fingerprint density at radius 3 is 2.43 bits per heavy atom. The van der Waals surface area contributed by atoms with E-state index >= 15 is 0 Å². The molecule has 0 unspecified atom stereocenters. The fraction of sp³-hybridized carbons (Fsp3) is 0.263. The summed E-state index contributed by atoms with van der Waals surface area (Å²) >= 11 is 0. The Bertz CT molecular complexity index is 661.